The van der Waals surface area contributed by atoms with E-state index in [2.05, 4.69) is 4.99 Å². The summed E-state index contributed by atoms with van der Waals surface area (Å²) < 4.78 is 26.8. The van der Waals surface area contributed by atoms with Gasteiger partial charge in [-0.3, -0.25) is 9.69 Å². The number of phenols is 2. The molecule has 0 saturated carbocycles. The fourth-order valence-electron chi connectivity index (χ4n) is 2.39. The molecule has 0 aliphatic carbocycles. The van der Waals surface area contributed by atoms with E-state index in [0.29, 0.717) is 11.4 Å². The second kappa shape index (κ2) is 6.79. The highest BCUT2D eigenvalue weighted by Gasteiger charge is 2.25. The van der Waals surface area contributed by atoms with E-state index in [1.165, 1.54) is 24.1 Å². The molecule has 0 spiro atoms. The number of phenolic OH excluding ortho intramolecular Hbond substituents is 2. The van der Waals surface area contributed by atoms with Gasteiger partial charge in [-0.25, -0.2) is 13.8 Å². The fraction of sp³-hybridized carbons (Fsp3) is 0.0526. The molecule has 0 aromatic heterocycles. The molecule has 0 unspecified atom stereocenters. The van der Waals surface area contributed by atoms with Gasteiger partial charge in [0, 0.05) is 7.05 Å². The maximum absolute atomic E-state index is 13.4. The number of rotatable bonds is 3. The van der Waals surface area contributed by atoms with Crippen molar-refractivity contribution in [1.82, 2.24) is 4.90 Å². The molecule has 5 nitrogen and oxygen atoms in total. The molecule has 0 bridgehead atoms. The van der Waals surface area contributed by atoms with Crippen LogP contribution in [0.1, 0.15) is 11.1 Å². The van der Waals surface area contributed by atoms with Crippen LogP contribution in [0.2, 0.25) is 0 Å². The number of carbonyl (C=O) groups excluding carboxylic acids is 1. The Morgan fingerprint density at radius 1 is 1.04 bits per heavy atom. The van der Waals surface area contributed by atoms with E-state index in [4.69, 9.17) is 5.11 Å². The first kappa shape index (κ1) is 17.3. The molecular weight excluding hydrogens is 342 g/mol. The normalized spacial score (nSPS) is 16.0. The molecular formula is C19H14F2N2O3. The van der Waals surface area contributed by atoms with Crippen LogP contribution in [0.25, 0.3) is 12.2 Å². The van der Waals surface area contributed by atoms with E-state index in [1.807, 2.05) is 0 Å². The summed E-state index contributed by atoms with van der Waals surface area (Å²) in [4.78, 5) is 17.7. The lowest BCUT2D eigenvalue weighted by Gasteiger charge is -2.07. The summed E-state index contributed by atoms with van der Waals surface area (Å²) in [6, 6.07) is 8.36. The third kappa shape index (κ3) is 3.46. The summed E-state index contributed by atoms with van der Waals surface area (Å²) in [5.41, 5.74) is 0.790. The number of hydrogen-bond acceptors (Lipinski definition) is 4. The van der Waals surface area contributed by atoms with Gasteiger partial charge in [0.05, 0.1) is 0 Å². The second-order valence-corrected chi connectivity index (χ2v) is 5.63. The molecule has 2 aromatic rings. The smallest absolute Gasteiger partial charge is 0.277 e. The second-order valence-electron chi connectivity index (χ2n) is 5.63. The molecule has 0 saturated heterocycles. The minimum absolute atomic E-state index is 0.00699. The van der Waals surface area contributed by atoms with Crippen molar-refractivity contribution in [2.45, 2.75) is 0 Å². The van der Waals surface area contributed by atoms with Gasteiger partial charge in [-0.1, -0.05) is 18.2 Å². The molecule has 0 fully saturated rings. The minimum Gasteiger partial charge on any atom is -0.508 e. The molecule has 7 heteroatoms. The van der Waals surface area contributed by atoms with Crippen LogP contribution in [-0.2, 0) is 4.79 Å². The Morgan fingerprint density at radius 3 is 2.38 bits per heavy atom. The van der Waals surface area contributed by atoms with Gasteiger partial charge in [0.25, 0.3) is 5.91 Å². The van der Waals surface area contributed by atoms with Crippen molar-refractivity contribution < 1.29 is 23.8 Å². The van der Waals surface area contributed by atoms with Crippen molar-refractivity contribution in [2.75, 3.05) is 7.05 Å². The Kier molecular flexibility index (Phi) is 4.53. The van der Waals surface area contributed by atoms with Gasteiger partial charge in [0.15, 0.2) is 17.4 Å². The number of aromatic hydroxyl groups is 2. The molecule has 26 heavy (non-hydrogen) atoms. The van der Waals surface area contributed by atoms with Crippen LogP contribution in [0.3, 0.4) is 0 Å². The predicted molar refractivity (Wildman–Crippen MR) is 93.3 cm³/mol. The summed E-state index contributed by atoms with van der Waals surface area (Å²) in [6.07, 6.45) is 4.50. The average molecular weight is 356 g/mol. The number of likely N-dealkylation sites (N-methyl/N-ethyl adjacent to an activating group) is 1. The van der Waals surface area contributed by atoms with Crippen LogP contribution in [-0.4, -0.2) is 33.9 Å². The third-order valence-electron chi connectivity index (χ3n) is 3.74. The minimum atomic E-state index is -1.12. The summed E-state index contributed by atoms with van der Waals surface area (Å²) in [6.45, 7) is 0. The maximum atomic E-state index is 13.4. The van der Waals surface area contributed by atoms with Crippen molar-refractivity contribution >= 4 is 23.9 Å². The summed E-state index contributed by atoms with van der Waals surface area (Å²) >= 11 is 0. The summed E-state index contributed by atoms with van der Waals surface area (Å²) in [7, 11) is 1.52. The summed E-state index contributed by atoms with van der Waals surface area (Å²) in [5, 5.41) is 18.6. The Balaban J connectivity index is 1.91. The van der Waals surface area contributed by atoms with Crippen molar-refractivity contribution in [3.05, 3.63) is 70.9 Å². The van der Waals surface area contributed by atoms with Gasteiger partial charge in [-0.2, -0.15) is 0 Å². The first-order chi connectivity index (χ1) is 12.3. The largest absolute Gasteiger partial charge is 0.508 e. The van der Waals surface area contributed by atoms with Gasteiger partial charge in [0.2, 0.25) is 0 Å². The van der Waals surface area contributed by atoms with Gasteiger partial charge < -0.3 is 10.2 Å². The van der Waals surface area contributed by atoms with E-state index in [0.717, 1.165) is 12.1 Å². The number of nitrogens with zero attached hydrogens (tertiary/aromatic N) is 2. The first-order valence-electron chi connectivity index (χ1n) is 7.59. The molecule has 0 atom stereocenters. The van der Waals surface area contributed by atoms with E-state index in [-0.39, 0.29) is 17.0 Å². The van der Waals surface area contributed by atoms with Crippen LogP contribution in [0.5, 0.6) is 11.5 Å². The quantitative estimate of drug-likeness (QED) is 0.829. The first-order valence-corrected chi connectivity index (χ1v) is 7.59. The van der Waals surface area contributed by atoms with Crippen LogP contribution in [0, 0.1) is 11.6 Å². The number of halogens is 2. The average Bonchev–Trinajstić information content (AvgIpc) is 2.86. The van der Waals surface area contributed by atoms with E-state index in [9.17, 15) is 18.7 Å². The van der Waals surface area contributed by atoms with E-state index < -0.39 is 23.3 Å². The van der Waals surface area contributed by atoms with Crippen molar-refractivity contribution in [3.8, 4) is 11.5 Å². The lowest BCUT2D eigenvalue weighted by atomic mass is 10.1. The molecule has 3 rings (SSSR count). The molecule has 2 N–H and O–H groups in total. The monoisotopic (exact) mass is 356 g/mol. The maximum Gasteiger partial charge on any atom is 0.277 e. The topological polar surface area (TPSA) is 73.1 Å². The van der Waals surface area contributed by atoms with Crippen LogP contribution < -0.4 is 0 Å². The number of amidine groups is 1. The van der Waals surface area contributed by atoms with Crippen molar-refractivity contribution in [3.63, 3.8) is 0 Å². The zero-order chi connectivity index (χ0) is 18.8. The van der Waals surface area contributed by atoms with Crippen LogP contribution >= 0.6 is 0 Å². The lowest BCUT2D eigenvalue weighted by molar-refractivity contribution is -0.121. The van der Waals surface area contributed by atoms with Crippen molar-refractivity contribution in [2.24, 2.45) is 4.99 Å². The van der Waals surface area contributed by atoms with Gasteiger partial charge >= 0.3 is 0 Å². The molecule has 0 radical (unpaired) electrons. The molecule has 2 aromatic carbocycles. The van der Waals surface area contributed by atoms with Crippen LogP contribution in [0.4, 0.5) is 8.78 Å². The lowest BCUT2D eigenvalue weighted by Crippen LogP contribution is -2.26. The number of aliphatic imine (C=N–C) groups is 1. The zero-order valence-corrected chi connectivity index (χ0v) is 13.6. The molecule has 1 aliphatic rings. The number of hydrogen-bond donors (Lipinski definition) is 2. The Labute approximate surface area is 147 Å². The predicted octanol–water partition coefficient (Wildman–Crippen LogP) is 3.30. The van der Waals surface area contributed by atoms with E-state index in [1.54, 1.807) is 30.4 Å². The Bertz CT molecular complexity index is 957. The third-order valence-corrected chi connectivity index (χ3v) is 3.74. The standard InChI is InChI=1S/C19H14F2N2O3/c1-23-17(6-5-11-3-2-4-13(24)7-11)22-16(19(23)26)10-12-8-14(20)18(25)15(21)9-12/h2-10,24-25H,1H3/b6-5+,16-10+. The highest BCUT2D eigenvalue weighted by Crippen LogP contribution is 2.24. The van der Waals surface area contributed by atoms with Gasteiger partial charge in [-0.05, 0) is 47.5 Å². The molecule has 1 heterocycles. The highest BCUT2D eigenvalue weighted by molar-refractivity contribution is 6.18. The zero-order valence-electron chi connectivity index (χ0n) is 13.6. The Morgan fingerprint density at radius 2 is 1.73 bits per heavy atom. The van der Waals surface area contributed by atoms with Gasteiger partial charge in [0.1, 0.15) is 17.3 Å². The fourth-order valence-corrected chi connectivity index (χ4v) is 2.39. The molecule has 1 aliphatic heterocycles. The number of benzene rings is 2. The number of amides is 1. The van der Waals surface area contributed by atoms with Gasteiger partial charge in [-0.15, -0.1) is 0 Å². The highest BCUT2D eigenvalue weighted by atomic mass is 19.1. The molecule has 1 amide bonds. The Hall–Kier alpha value is -3.48. The van der Waals surface area contributed by atoms with Crippen LogP contribution in [0.15, 0.2) is 53.2 Å². The SMILES string of the molecule is CN1C(=O)/C(=C\c2cc(F)c(O)c(F)c2)N=C1/C=C/c1cccc(O)c1. The number of carbonyl (C=O) groups is 1. The van der Waals surface area contributed by atoms with E-state index >= 15 is 0 Å². The summed E-state index contributed by atoms with van der Waals surface area (Å²) in [5.74, 6) is -3.30. The molecule has 132 valence electrons. The van der Waals surface area contributed by atoms with Crippen molar-refractivity contribution in [1.29, 1.82) is 0 Å².